The number of nitrogens with zero attached hydrogens (tertiary/aromatic N) is 1. The van der Waals surface area contributed by atoms with Crippen LogP contribution in [0.2, 0.25) is 0 Å². The van der Waals surface area contributed by atoms with Gasteiger partial charge in [0.05, 0.1) is 10.2 Å². The van der Waals surface area contributed by atoms with Gasteiger partial charge in [0.25, 0.3) is 0 Å². The van der Waals surface area contributed by atoms with Gasteiger partial charge in [-0.15, -0.1) is 0 Å². The minimum atomic E-state index is -5.66. The summed E-state index contributed by atoms with van der Waals surface area (Å²) in [6.45, 7) is 3.57. The Balaban J connectivity index is 2.19. The van der Waals surface area contributed by atoms with Crippen molar-refractivity contribution in [3.8, 4) is 0 Å². The predicted molar refractivity (Wildman–Crippen MR) is 77.1 cm³/mol. The van der Waals surface area contributed by atoms with Crippen LogP contribution in [0, 0.1) is 13.8 Å². The second kappa shape index (κ2) is 6.11. The van der Waals surface area contributed by atoms with Crippen LogP contribution in [0.5, 0.6) is 0 Å². The summed E-state index contributed by atoms with van der Waals surface area (Å²) in [4.78, 5) is 15.5. The third-order valence-electron chi connectivity index (χ3n) is 2.98. The summed E-state index contributed by atoms with van der Waals surface area (Å²) in [7, 11) is 0. The lowest BCUT2D eigenvalue weighted by Gasteiger charge is -2.23. The minimum Gasteiger partial charge on any atom is -0.318 e. The lowest BCUT2D eigenvalue weighted by Crippen LogP contribution is -2.55. The topological polar surface area (TPSA) is 54.0 Å². The van der Waals surface area contributed by atoms with E-state index < -0.39 is 24.4 Å². The van der Waals surface area contributed by atoms with E-state index in [4.69, 9.17) is 0 Å². The first-order valence-corrected chi connectivity index (χ1v) is 7.28. The van der Waals surface area contributed by atoms with Gasteiger partial charge >= 0.3 is 18.4 Å². The van der Waals surface area contributed by atoms with Gasteiger partial charge in [-0.05, 0) is 31.0 Å². The number of urea groups is 1. The maximum Gasteiger partial charge on any atom is 0.417 e. The Hall–Kier alpha value is -2.04. The molecule has 4 nitrogen and oxygen atoms in total. The van der Waals surface area contributed by atoms with E-state index in [0.29, 0.717) is 10.2 Å². The van der Waals surface area contributed by atoms with E-state index in [1.165, 1.54) is 0 Å². The van der Waals surface area contributed by atoms with Gasteiger partial charge in [-0.25, -0.2) is 9.78 Å². The molecule has 0 fully saturated rings. The summed E-state index contributed by atoms with van der Waals surface area (Å²) in [5, 5.41) is 2.69. The Morgan fingerprint density at radius 2 is 1.71 bits per heavy atom. The van der Waals surface area contributed by atoms with Gasteiger partial charge in [-0.2, -0.15) is 26.3 Å². The van der Waals surface area contributed by atoms with Crippen LogP contribution in [0.4, 0.5) is 36.3 Å². The third-order valence-corrected chi connectivity index (χ3v) is 3.90. The number of benzene rings is 1. The lowest BCUT2D eigenvalue weighted by atomic mass is 10.1. The molecule has 11 heteroatoms. The molecule has 0 saturated heterocycles. The molecule has 2 rings (SSSR count). The van der Waals surface area contributed by atoms with Crippen LogP contribution in [0.15, 0.2) is 12.1 Å². The molecule has 2 aromatic rings. The number of thiazole rings is 1. The van der Waals surface area contributed by atoms with Gasteiger partial charge in [0.2, 0.25) is 6.04 Å². The maximum atomic E-state index is 12.4. The highest BCUT2D eigenvalue weighted by molar-refractivity contribution is 7.22. The summed E-state index contributed by atoms with van der Waals surface area (Å²) in [6.07, 6.45) is -11.3. The van der Waals surface area contributed by atoms with E-state index in [1.54, 1.807) is 13.0 Å². The van der Waals surface area contributed by atoms with Crippen molar-refractivity contribution in [1.29, 1.82) is 0 Å². The van der Waals surface area contributed by atoms with Crippen LogP contribution < -0.4 is 10.6 Å². The Bertz CT molecular complexity index is 753. The minimum absolute atomic E-state index is 0.0979. The number of alkyl halides is 6. The van der Waals surface area contributed by atoms with Crippen LogP contribution in [0.25, 0.3) is 10.2 Å². The van der Waals surface area contributed by atoms with Gasteiger partial charge in [-0.3, -0.25) is 5.32 Å². The zero-order valence-corrected chi connectivity index (χ0v) is 13.1. The average Bonchev–Trinajstić information content (AvgIpc) is 2.75. The first kappa shape index (κ1) is 18.3. The number of hydrogen-bond donors (Lipinski definition) is 2. The quantitative estimate of drug-likeness (QED) is 0.763. The number of aromatic nitrogens is 1. The normalized spacial score (nSPS) is 12.7. The number of carbonyl (C=O) groups excluding carboxylic acids is 1. The highest BCUT2D eigenvalue weighted by Crippen LogP contribution is 2.33. The Morgan fingerprint density at radius 1 is 1.12 bits per heavy atom. The zero-order valence-electron chi connectivity index (χ0n) is 12.3. The molecule has 24 heavy (non-hydrogen) atoms. The van der Waals surface area contributed by atoms with Crippen molar-refractivity contribution >= 4 is 32.7 Å². The Labute approximate surface area is 135 Å². The molecule has 1 aromatic heterocycles. The Morgan fingerprint density at radius 3 is 2.25 bits per heavy atom. The summed E-state index contributed by atoms with van der Waals surface area (Å²) in [5.41, 5.74) is 2.20. The van der Waals surface area contributed by atoms with Crippen LogP contribution in [-0.2, 0) is 0 Å². The molecule has 0 aliphatic rings. The van der Waals surface area contributed by atoms with Gasteiger partial charge in [0.15, 0.2) is 5.13 Å². The first-order valence-electron chi connectivity index (χ1n) is 6.46. The zero-order chi connectivity index (χ0) is 18.3. The fourth-order valence-electron chi connectivity index (χ4n) is 2.04. The van der Waals surface area contributed by atoms with Crippen LogP contribution in [0.3, 0.4) is 0 Å². The van der Waals surface area contributed by atoms with Gasteiger partial charge in [0, 0.05) is 0 Å². The molecular formula is C13H11F6N3OS. The van der Waals surface area contributed by atoms with E-state index in [2.05, 4.69) is 4.98 Å². The fraction of sp³-hybridized carbons (Fsp3) is 0.385. The summed E-state index contributed by atoms with van der Waals surface area (Å²) in [5.74, 6) is 0. The average molecular weight is 371 g/mol. The van der Waals surface area contributed by atoms with E-state index in [0.717, 1.165) is 27.8 Å². The predicted octanol–water partition coefficient (Wildman–Crippen LogP) is 4.53. The summed E-state index contributed by atoms with van der Waals surface area (Å²) in [6, 6.07) is -2.03. The number of halogens is 6. The van der Waals surface area contributed by atoms with Crippen LogP contribution >= 0.6 is 11.3 Å². The van der Waals surface area contributed by atoms with Crippen molar-refractivity contribution in [3.63, 3.8) is 0 Å². The molecule has 2 amide bonds. The second-order valence-electron chi connectivity index (χ2n) is 5.06. The molecule has 0 atom stereocenters. The highest BCUT2D eigenvalue weighted by atomic mass is 32.1. The van der Waals surface area contributed by atoms with Crippen LogP contribution in [-0.4, -0.2) is 29.4 Å². The Kier molecular flexibility index (Phi) is 4.66. The number of nitrogens with one attached hydrogen (secondary N) is 2. The maximum absolute atomic E-state index is 12.4. The number of amides is 2. The summed E-state index contributed by atoms with van der Waals surface area (Å²) < 4.78 is 75.1. The molecule has 0 saturated carbocycles. The SMILES string of the molecule is Cc1cc(C)c2nc(NC(=O)NC(C(F)(F)F)C(F)(F)F)sc2c1. The molecule has 0 unspecified atom stereocenters. The van der Waals surface area contributed by atoms with Crippen LogP contribution in [0.1, 0.15) is 11.1 Å². The highest BCUT2D eigenvalue weighted by Gasteiger charge is 2.57. The van der Waals surface area contributed by atoms with Crippen molar-refractivity contribution in [1.82, 2.24) is 10.3 Å². The molecule has 0 spiro atoms. The van der Waals surface area contributed by atoms with Gasteiger partial charge < -0.3 is 5.32 Å². The smallest absolute Gasteiger partial charge is 0.318 e. The van der Waals surface area contributed by atoms with E-state index in [9.17, 15) is 31.1 Å². The largest absolute Gasteiger partial charge is 0.417 e. The second-order valence-corrected chi connectivity index (χ2v) is 6.09. The lowest BCUT2D eigenvalue weighted by molar-refractivity contribution is -0.255. The van der Waals surface area contributed by atoms with Crippen molar-refractivity contribution in [3.05, 3.63) is 23.3 Å². The first-order chi connectivity index (χ1) is 10.9. The fourth-order valence-corrected chi connectivity index (χ4v) is 3.07. The molecule has 2 N–H and O–H groups in total. The molecule has 0 bridgehead atoms. The van der Waals surface area contributed by atoms with Crippen molar-refractivity contribution in [2.75, 3.05) is 5.32 Å². The van der Waals surface area contributed by atoms with E-state index in [1.807, 2.05) is 18.3 Å². The number of carbonyl (C=O) groups is 1. The number of fused-ring (bicyclic) bond motifs is 1. The van der Waals surface area contributed by atoms with E-state index in [-0.39, 0.29) is 5.13 Å². The number of aryl methyl sites for hydroxylation is 2. The molecule has 132 valence electrons. The monoisotopic (exact) mass is 371 g/mol. The number of rotatable bonds is 2. The van der Waals surface area contributed by atoms with Gasteiger partial charge in [0.1, 0.15) is 0 Å². The molecule has 1 aromatic carbocycles. The number of anilines is 1. The molecule has 1 heterocycles. The number of hydrogen-bond acceptors (Lipinski definition) is 3. The molecule has 0 aliphatic carbocycles. The van der Waals surface area contributed by atoms with Crippen molar-refractivity contribution in [2.24, 2.45) is 0 Å². The van der Waals surface area contributed by atoms with E-state index >= 15 is 0 Å². The van der Waals surface area contributed by atoms with Gasteiger partial charge in [-0.1, -0.05) is 17.4 Å². The third kappa shape index (κ3) is 4.08. The molecule has 0 aliphatic heterocycles. The summed E-state index contributed by atoms with van der Waals surface area (Å²) >= 11 is 0.950. The standard InChI is InChI=1S/C13H11F6N3OS/c1-5-3-6(2)8-7(4-5)24-11(20-8)22-10(23)21-9(12(14,15)16)13(17,18)19/h3-4,9H,1-2H3,(H2,20,21,22,23). The molecular weight excluding hydrogens is 360 g/mol. The van der Waals surface area contributed by atoms with Crippen molar-refractivity contribution < 1.29 is 31.1 Å². The van der Waals surface area contributed by atoms with Crippen molar-refractivity contribution in [2.45, 2.75) is 32.2 Å². The molecule has 0 radical (unpaired) electrons.